The highest BCUT2D eigenvalue weighted by atomic mass is 16.5. The number of nitriles is 1. The van der Waals surface area contributed by atoms with E-state index in [0.29, 0.717) is 41.5 Å². The van der Waals surface area contributed by atoms with Crippen LogP contribution in [-0.4, -0.2) is 22.5 Å². The normalized spacial score (nSPS) is 10.6. The Balaban J connectivity index is 1.91. The van der Waals surface area contributed by atoms with Crippen molar-refractivity contribution in [3.8, 4) is 6.07 Å². The number of ketones is 1. The first-order chi connectivity index (χ1) is 11.0. The Morgan fingerprint density at radius 1 is 1.43 bits per heavy atom. The molecule has 0 bridgehead atoms. The first kappa shape index (κ1) is 16.7. The number of hydrogen-bond donors (Lipinski definition) is 1. The van der Waals surface area contributed by atoms with Crippen LogP contribution in [0.5, 0.6) is 0 Å². The van der Waals surface area contributed by atoms with Crippen LogP contribution in [0.4, 0.5) is 5.69 Å². The molecule has 1 aromatic carbocycles. The number of aromatic nitrogens is 2. The zero-order valence-electron chi connectivity index (χ0n) is 13.6. The molecule has 2 aromatic rings. The smallest absolute Gasteiger partial charge is 0.226 e. The van der Waals surface area contributed by atoms with Gasteiger partial charge in [0.25, 0.3) is 0 Å². The predicted octanol–water partition coefficient (Wildman–Crippen LogP) is 3.31. The molecule has 120 valence electrons. The van der Waals surface area contributed by atoms with E-state index >= 15 is 0 Å². The van der Waals surface area contributed by atoms with Crippen molar-refractivity contribution >= 4 is 11.5 Å². The molecule has 0 saturated heterocycles. The third-order valence-corrected chi connectivity index (χ3v) is 3.43. The lowest BCUT2D eigenvalue weighted by atomic mass is 10.1. The maximum absolute atomic E-state index is 11.4. The fourth-order valence-corrected chi connectivity index (χ4v) is 2.07. The number of hydrogen-bond acceptors (Lipinski definition) is 6. The minimum Gasteiger partial charge on any atom is -0.384 e. The van der Waals surface area contributed by atoms with E-state index in [2.05, 4.69) is 21.5 Å². The van der Waals surface area contributed by atoms with Gasteiger partial charge in [0.1, 0.15) is 6.07 Å². The number of anilines is 1. The van der Waals surface area contributed by atoms with Gasteiger partial charge < -0.3 is 9.84 Å². The van der Waals surface area contributed by atoms with Crippen molar-refractivity contribution < 1.29 is 9.32 Å². The number of rotatable bonds is 7. The van der Waals surface area contributed by atoms with E-state index in [4.69, 9.17) is 9.78 Å². The molecule has 1 aromatic heterocycles. The molecule has 0 saturated carbocycles. The first-order valence-electron chi connectivity index (χ1n) is 7.62. The van der Waals surface area contributed by atoms with Crippen molar-refractivity contribution in [3.63, 3.8) is 0 Å². The molecule has 0 unspecified atom stereocenters. The Morgan fingerprint density at radius 3 is 2.83 bits per heavy atom. The van der Waals surface area contributed by atoms with Crippen molar-refractivity contribution in [1.82, 2.24) is 10.1 Å². The van der Waals surface area contributed by atoms with Crippen molar-refractivity contribution in [1.29, 1.82) is 5.26 Å². The SMILES string of the molecule is CC(=O)c1ccc(C#N)c(NCCCc2nc(C(C)C)no2)c1. The van der Waals surface area contributed by atoms with Gasteiger partial charge in [-0.1, -0.05) is 19.0 Å². The second-order valence-corrected chi connectivity index (χ2v) is 5.66. The van der Waals surface area contributed by atoms with E-state index in [1.807, 2.05) is 13.8 Å². The molecular formula is C17H20N4O2. The Bertz CT molecular complexity index is 728. The monoisotopic (exact) mass is 312 g/mol. The lowest BCUT2D eigenvalue weighted by Crippen LogP contribution is -2.06. The minimum atomic E-state index is -0.0235. The molecule has 2 rings (SSSR count). The Hall–Kier alpha value is -2.68. The maximum atomic E-state index is 11.4. The fourth-order valence-electron chi connectivity index (χ4n) is 2.07. The van der Waals surface area contributed by atoms with Gasteiger partial charge in [-0.2, -0.15) is 10.2 Å². The van der Waals surface area contributed by atoms with E-state index in [-0.39, 0.29) is 11.7 Å². The number of benzene rings is 1. The zero-order chi connectivity index (χ0) is 16.8. The van der Waals surface area contributed by atoms with E-state index in [9.17, 15) is 4.79 Å². The van der Waals surface area contributed by atoms with Crippen molar-refractivity contribution in [2.75, 3.05) is 11.9 Å². The van der Waals surface area contributed by atoms with Crippen LogP contribution in [-0.2, 0) is 6.42 Å². The molecule has 0 radical (unpaired) electrons. The molecule has 6 heteroatoms. The second kappa shape index (κ2) is 7.54. The molecule has 0 aliphatic carbocycles. The first-order valence-corrected chi connectivity index (χ1v) is 7.62. The van der Waals surface area contributed by atoms with Crippen LogP contribution < -0.4 is 5.32 Å². The minimum absolute atomic E-state index is 0.0235. The lowest BCUT2D eigenvalue weighted by molar-refractivity contribution is 0.101. The quantitative estimate of drug-likeness (QED) is 0.623. The lowest BCUT2D eigenvalue weighted by Gasteiger charge is -2.08. The largest absolute Gasteiger partial charge is 0.384 e. The molecule has 1 heterocycles. The summed E-state index contributed by atoms with van der Waals surface area (Å²) in [6.07, 6.45) is 1.45. The summed E-state index contributed by atoms with van der Waals surface area (Å²) in [5, 5.41) is 16.2. The average Bonchev–Trinajstić information content (AvgIpc) is 3.00. The third kappa shape index (κ3) is 4.39. The van der Waals surface area contributed by atoms with Crippen LogP contribution in [0.2, 0.25) is 0 Å². The van der Waals surface area contributed by atoms with Crippen LogP contribution in [0.1, 0.15) is 60.7 Å². The topological polar surface area (TPSA) is 91.8 Å². The molecule has 23 heavy (non-hydrogen) atoms. The number of nitrogens with zero attached hydrogens (tertiary/aromatic N) is 3. The highest BCUT2D eigenvalue weighted by Gasteiger charge is 2.10. The van der Waals surface area contributed by atoms with Gasteiger partial charge >= 0.3 is 0 Å². The van der Waals surface area contributed by atoms with Crippen molar-refractivity contribution in [2.45, 2.75) is 39.5 Å². The summed E-state index contributed by atoms with van der Waals surface area (Å²) >= 11 is 0. The average molecular weight is 312 g/mol. The zero-order valence-corrected chi connectivity index (χ0v) is 13.6. The Morgan fingerprint density at radius 2 is 2.22 bits per heavy atom. The standard InChI is InChI=1S/C17H20N4O2/c1-11(2)17-20-16(23-21-17)5-4-8-19-15-9-13(12(3)22)6-7-14(15)10-18/h6-7,9,11,19H,4-5,8H2,1-3H3. The summed E-state index contributed by atoms with van der Waals surface area (Å²) in [6, 6.07) is 7.16. The molecule has 1 N–H and O–H groups in total. The van der Waals surface area contributed by atoms with E-state index in [1.54, 1.807) is 18.2 Å². The summed E-state index contributed by atoms with van der Waals surface area (Å²) in [7, 11) is 0. The molecule has 0 aliphatic rings. The van der Waals surface area contributed by atoms with Crippen LogP contribution in [0.3, 0.4) is 0 Å². The molecule has 0 atom stereocenters. The van der Waals surface area contributed by atoms with Crippen LogP contribution in [0.25, 0.3) is 0 Å². The third-order valence-electron chi connectivity index (χ3n) is 3.43. The van der Waals surface area contributed by atoms with Gasteiger partial charge in [-0.15, -0.1) is 0 Å². The Kier molecular flexibility index (Phi) is 5.47. The highest BCUT2D eigenvalue weighted by molar-refractivity contribution is 5.95. The van der Waals surface area contributed by atoms with Gasteiger partial charge in [0.15, 0.2) is 11.6 Å². The summed E-state index contributed by atoms with van der Waals surface area (Å²) in [4.78, 5) is 15.8. The summed E-state index contributed by atoms with van der Waals surface area (Å²) in [5.41, 5.74) is 1.79. The fraction of sp³-hybridized carbons (Fsp3) is 0.412. The van der Waals surface area contributed by atoms with Gasteiger partial charge in [-0.3, -0.25) is 4.79 Å². The van der Waals surface area contributed by atoms with Crippen molar-refractivity contribution in [2.24, 2.45) is 0 Å². The van der Waals surface area contributed by atoms with Gasteiger partial charge in [-0.25, -0.2) is 0 Å². The molecule has 0 fully saturated rings. The van der Waals surface area contributed by atoms with Crippen LogP contribution >= 0.6 is 0 Å². The van der Waals surface area contributed by atoms with Crippen LogP contribution in [0.15, 0.2) is 22.7 Å². The van der Waals surface area contributed by atoms with E-state index in [0.717, 1.165) is 6.42 Å². The van der Waals surface area contributed by atoms with Crippen LogP contribution in [0, 0.1) is 11.3 Å². The number of carbonyl (C=O) groups excluding carboxylic acids is 1. The summed E-state index contributed by atoms with van der Waals surface area (Å²) < 4.78 is 5.19. The predicted molar refractivity (Wildman–Crippen MR) is 86.4 cm³/mol. The summed E-state index contributed by atoms with van der Waals surface area (Å²) in [5.74, 6) is 1.56. The number of carbonyl (C=O) groups is 1. The number of Topliss-reactive ketones (excluding diaryl/α,β-unsaturated/α-hetero) is 1. The van der Waals surface area contributed by atoms with E-state index in [1.165, 1.54) is 6.92 Å². The van der Waals surface area contributed by atoms with Crippen molar-refractivity contribution in [3.05, 3.63) is 41.0 Å². The van der Waals surface area contributed by atoms with E-state index < -0.39 is 0 Å². The number of nitrogens with one attached hydrogen (secondary N) is 1. The second-order valence-electron chi connectivity index (χ2n) is 5.66. The van der Waals surface area contributed by atoms with Gasteiger partial charge in [0, 0.05) is 24.4 Å². The summed E-state index contributed by atoms with van der Waals surface area (Å²) in [6.45, 7) is 6.19. The van der Waals surface area contributed by atoms with Gasteiger partial charge in [0.2, 0.25) is 5.89 Å². The van der Waals surface area contributed by atoms with Gasteiger partial charge in [0.05, 0.1) is 11.3 Å². The number of aryl methyl sites for hydroxylation is 1. The molecule has 0 amide bonds. The molecule has 6 nitrogen and oxygen atoms in total. The highest BCUT2D eigenvalue weighted by Crippen LogP contribution is 2.18. The molecule has 0 aliphatic heterocycles. The molecule has 0 spiro atoms. The Labute approximate surface area is 135 Å². The maximum Gasteiger partial charge on any atom is 0.226 e. The molecular weight excluding hydrogens is 292 g/mol. The van der Waals surface area contributed by atoms with Gasteiger partial charge in [-0.05, 0) is 31.5 Å².